The van der Waals surface area contributed by atoms with Crippen molar-refractivity contribution in [2.75, 3.05) is 13.1 Å². The van der Waals surface area contributed by atoms with Crippen molar-refractivity contribution in [1.82, 2.24) is 10.2 Å². The van der Waals surface area contributed by atoms with E-state index in [2.05, 4.69) is 10.3 Å². The zero-order chi connectivity index (χ0) is 16.4. The molecule has 3 rings (SSSR count). The molecular weight excluding hydrogens is 338 g/mol. The lowest BCUT2D eigenvalue weighted by Crippen LogP contribution is -2.49. The highest BCUT2D eigenvalue weighted by molar-refractivity contribution is 8.04. The first kappa shape index (κ1) is 15.8. The van der Waals surface area contributed by atoms with Crippen molar-refractivity contribution < 1.29 is 14.4 Å². The van der Waals surface area contributed by atoms with Crippen molar-refractivity contribution in [1.29, 1.82) is 0 Å². The number of rotatable bonds is 4. The first-order valence-corrected chi connectivity index (χ1v) is 8.18. The number of halogens is 1. The number of amides is 4. The molecule has 2 heterocycles. The van der Waals surface area contributed by atoms with Crippen molar-refractivity contribution >= 4 is 46.9 Å². The molecule has 1 unspecified atom stereocenters. The Labute approximate surface area is 141 Å². The van der Waals surface area contributed by atoms with Gasteiger partial charge in [-0.2, -0.15) is 4.99 Å². The number of nitrogens with zero attached hydrogens (tertiary/aromatic N) is 2. The van der Waals surface area contributed by atoms with Crippen LogP contribution in [0.5, 0.6) is 0 Å². The van der Waals surface area contributed by atoms with Gasteiger partial charge in [0.2, 0.25) is 5.91 Å². The minimum atomic E-state index is -0.597. The molecule has 0 spiro atoms. The molecule has 1 atom stereocenters. The van der Waals surface area contributed by atoms with Gasteiger partial charge in [-0.3, -0.25) is 14.5 Å². The van der Waals surface area contributed by atoms with Crippen molar-refractivity contribution in [2.45, 2.75) is 5.25 Å². The van der Waals surface area contributed by atoms with Gasteiger partial charge in [0, 0.05) is 13.1 Å². The van der Waals surface area contributed by atoms with E-state index in [0.29, 0.717) is 16.3 Å². The predicted octanol–water partition coefficient (Wildman–Crippen LogP) is 2.10. The molecule has 1 aromatic rings. The molecule has 6 nitrogen and oxygen atoms in total. The summed E-state index contributed by atoms with van der Waals surface area (Å²) in [4.78, 5) is 41.1. The van der Waals surface area contributed by atoms with Gasteiger partial charge in [-0.1, -0.05) is 23.7 Å². The van der Waals surface area contributed by atoms with Crippen LogP contribution in [0.4, 0.5) is 4.79 Å². The summed E-state index contributed by atoms with van der Waals surface area (Å²) in [6.07, 6.45) is 1.67. The van der Waals surface area contributed by atoms with Crippen LogP contribution in [0.3, 0.4) is 0 Å². The third kappa shape index (κ3) is 3.16. The number of imide groups is 1. The molecule has 23 heavy (non-hydrogen) atoms. The predicted molar refractivity (Wildman–Crippen MR) is 88.8 cm³/mol. The van der Waals surface area contributed by atoms with Gasteiger partial charge in [0.15, 0.2) is 0 Å². The number of hydrogen-bond acceptors (Lipinski definition) is 4. The lowest BCUT2D eigenvalue weighted by Gasteiger charge is -2.25. The number of carbonyl (C=O) groups is 3. The highest BCUT2D eigenvalue weighted by Crippen LogP contribution is 2.27. The van der Waals surface area contributed by atoms with Crippen LogP contribution in [0.1, 0.15) is 10.4 Å². The van der Waals surface area contributed by atoms with E-state index >= 15 is 0 Å². The minimum Gasteiger partial charge on any atom is -0.350 e. The largest absolute Gasteiger partial charge is 0.350 e. The van der Waals surface area contributed by atoms with Gasteiger partial charge in [0.1, 0.15) is 5.25 Å². The van der Waals surface area contributed by atoms with E-state index in [1.165, 1.54) is 11.8 Å². The quantitative estimate of drug-likeness (QED) is 0.902. The molecule has 2 aliphatic rings. The number of nitrogens with one attached hydrogen (secondary N) is 1. The third-order valence-electron chi connectivity index (χ3n) is 3.41. The number of urea groups is 1. The average molecular weight is 350 g/mol. The fraction of sp³-hybridized carbons (Fsp3) is 0.200. The van der Waals surface area contributed by atoms with E-state index in [1.807, 2.05) is 0 Å². The summed E-state index contributed by atoms with van der Waals surface area (Å²) < 4.78 is 0. The Morgan fingerprint density at radius 2 is 2.13 bits per heavy atom. The summed E-state index contributed by atoms with van der Waals surface area (Å²) in [6, 6.07) is 6.06. The van der Waals surface area contributed by atoms with Crippen LogP contribution in [0.2, 0.25) is 5.02 Å². The van der Waals surface area contributed by atoms with Crippen LogP contribution in [0.25, 0.3) is 0 Å². The van der Waals surface area contributed by atoms with E-state index in [-0.39, 0.29) is 24.9 Å². The molecule has 0 saturated carbocycles. The normalized spacial score (nSPS) is 19.6. The van der Waals surface area contributed by atoms with E-state index in [4.69, 9.17) is 11.6 Å². The maximum atomic E-state index is 12.2. The molecule has 0 aromatic heterocycles. The van der Waals surface area contributed by atoms with Crippen LogP contribution >= 0.6 is 23.4 Å². The number of fused-ring (bicyclic) bond motifs is 1. The molecule has 8 heteroatoms. The lowest BCUT2D eigenvalue weighted by atomic mass is 10.2. The third-order valence-corrected chi connectivity index (χ3v) is 4.75. The molecule has 0 aliphatic carbocycles. The molecule has 1 N–H and O–H groups in total. The summed E-state index contributed by atoms with van der Waals surface area (Å²) in [6.45, 7) is 0.207. The van der Waals surface area contributed by atoms with Gasteiger partial charge in [0.25, 0.3) is 5.91 Å². The number of carbonyl (C=O) groups excluding carboxylic acids is 3. The average Bonchev–Trinajstić information content (AvgIpc) is 2.99. The Balaban J connectivity index is 1.59. The van der Waals surface area contributed by atoms with Gasteiger partial charge < -0.3 is 5.32 Å². The molecule has 118 valence electrons. The van der Waals surface area contributed by atoms with Crippen molar-refractivity contribution in [3.63, 3.8) is 0 Å². The van der Waals surface area contributed by atoms with E-state index in [1.54, 1.807) is 35.7 Å². The first-order chi connectivity index (χ1) is 11.1. The van der Waals surface area contributed by atoms with Gasteiger partial charge in [-0.05, 0) is 23.6 Å². The fourth-order valence-electron chi connectivity index (χ4n) is 2.26. The highest BCUT2D eigenvalue weighted by atomic mass is 35.5. The zero-order valence-corrected chi connectivity index (χ0v) is 13.4. The summed E-state index contributed by atoms with van der Waals surface area (Å²) >= 11 is 7.27. The molecular formula is C15H12ClN3O3S. The van der Waals surface area contributed by atoms with E-state index in [9.17, 15) is 14.4 Å². The zero-order valence-electron chi connectivity index (χ0n) is 11.9. The minimum absolute atomic E-state index is 0.0711. The highest BCUT2D eigenvalue weighted by Gasteiger charge is 2.38. The number of allylic oxidation sites excluding steroid dienone is 1. The second-order valence-corrected chi connectivity index (χ2v) is 6.29. The number of benzene rings is 1. The number of hydrogen-bond donors (Lipinski definition) is 1. The molecule has 4 amide bonds. The van der Waals surface area contributed by atoms with Crippen molar-refractivity contribution in [2.24, 2.45) is 4.99 Å². The van der Waals surface area contributed by atoms with E-state index < -0.39 is 11.3 Å². The van der Waals surface area contributed by atoms with E-state index in [0.717, 1.165) is 4.90 Å². The lowest BCUT2D eigenvalue weighted by molar-refractivity contribution is -0.126. The smallest absolute Gasteiger partial charge is 0.350 e. The summed E-state index contributed by atoms with van der Waals surface area (Å²) in [5.74, 6) is -0.657. The summed E-state index contributed by atoms with van der Waals surface area (Å²) in [5, 5.41) is 4.29. The standard InChI is InChI=1S/C15H12ClN3O3S/c16-10-4-2-1-3-9(10)13(20)17-6-7-19-14(21)12-11(5-8-23-12)18-15(19)22/h1-5,8,12H,6-7H2,(H,17,20). The monoisotopic (exact) mass is 349 g/mol. The van der Waals surface area contributed by atoms with Crippen LogP contribution < -0.4 is 5.32 Å². The molecule has 1 aromatic carbocycles. The topological polar surface area (TPSA) is 78.8 Å². The summed E-state index contributed by atoms with van der Waals surface area (Å²) in [5.41, 5.74) is 0.836. The van der Waals surface area contributed by atoms with Gasteiger partial charge in [0.05, 0.1) is 16.3 Å². The second-order valence-electron chi connectivity index (χ2n) is 4.86. The molecule has 0 saturated heterocycles. The molecule has 2 aliphatic heterocycles. The second kappa shape index (κ2) is 6.55. The van der Waals surface area contributed by atoms with Gasteiger partial charge >= 0.3 is 6.03 Å². The van der Waals surface area contributed by atoms with Crippen molar-refractivity contribution in [3.8, 4) is 0 Å². The Morgan fingerprint density at radius 3 is 2.91 bits per heavy atom. The summed E-state index contributed by atoms with van der Waals surface area (Å²) in [7, 11) is 0. The SMILES string of the molecule is O=C(NCCN1C(=O)N=C2C=CSC2C1=O)c1ccccc1Cl. The number of thioether (sulfide) groups is 1. The van der Waals surface area contributed by atoms with Crippen LogP contribution in [-0.2, 0) is 4.79 Å². The fourth-order valence-corrected chi connectivity index (χ4v) is 3.37. The van der Waals surface area contributed by atoms with Crippen molar-refractivity contribution in [3.05, 3.63) is 46.3 Å². The Hall–Kier alpha value is -2.12. The number of aliphatic imine (C=N–C) groups is 1. The van der Waals surface area contributed by atoms with Gasteiger partial charge in [-0.25, -0.2) is 4.79 Å². The molecule has 0 fully saturated rings. The van der Waals surface area contributed by atoms with Crippen LogP contribution in [-0.4, -0.2) is 46.8 Å². The Kier molecular flexibility index (Phi) is 4.49. The molecule has 0 radical (unpaired) electrons. The van der Waals surface area contributed by atoms with Gasteiger partial charge in [-0.15, -0.1) is 11.8 Å². The Morgan fingerprint density at radius 1 is 1.35 bits per heavy atom. The molecule has 0 bridgehead atoms. The first-order valence-electron chi connectivity index (χ1n) is 6.86. The maximum Gasteiger partial charge on any atom is 0.350 e. The maximum absolute atomic E-state index is 12.2. The van der Waals surface area contributed by atoms with Crippen LogP contribution in [0, 0.1) is 0 Å². The Bertz CT molecular complexity index is 747. The van der Waals surface area contributed by atoms with Crippen LogP contribution in [0.15, 0.2) is 40.7 Å².